The number of carboxylic acid groups (broad SMARTS) is 1. The number of thiazole rings is 1. The van der Waals surface area contributed by atoms with Crippen LogP contribution in [0.5, 0.6) is 0 Å². The maximum Gasteiger partial charge on any atom is 0.356 e. The van der Waals surface area contributed by atoms with Crippen molar-refractivity contribution in [3.8, 4) is 5.82 Å². The van der Waals surface area contributed by atoms with Crippen LogP contribution in [0.2, 0.25) is 0 Å². The van der Waals surface area contributed by atoms with Crippen LogP contribution in [0, 0.1) is 0 Å². The van der Waals surface area contributed by atoms with Gasteiger partial charge in [-0.2, -0.15) is 4.98 Å². The fourth-order valence-electron chi connectivity index (χ4n) is 2.79. The van der Waals surface area contributed by atoms with Crippen molar-refractivity contribution in [3.63, 3.8) is 0 Å². The van der Waals surface area contributed by atoms with Gasteiger partial charge in [0.15, 0.2) is 16.5 Å². The first-order valence-corrected chi connectivity index (χ1v) is 7.38. The number of carboxylic acids is 1. The second-order valence-corrected chi connectivity index (χ2v) is 5.73. The van der Waals surface area contributed by atoms with Crippen molar-refractivity contribution >= 4 is 22.3 Å². The first-order valence-electron chi connectivity index (χ1n) is 6.50. The molecular weight excluding hydrogens is 276 g/mol. The molecule has 4 rings (SSSR count). The monoisotopic (exact) mass is 288 g/mol. The Labute approximate surface area is 118 Å². The molecule has 6 nitrogen and oxygen atoms in total. The third-order valence-electron chi connectivity index (χ3n) is 3.70. The molecule has 0 saturated carbocycles. The van der Waals surface area contributed by atoms with Gasteiger partial charge in [0.2, 0.25) is 0 Å². The normalized spacial score (nSPS) is 14.6. The smallest absolute Gasteiger partial charge is 0.356 e. The number of aromatic nitrogens is 4. The molecule has 3 aromatic heterocycles. The predicted octanol–water partition coefficient (Wildman–Crippen LogP) is 2.16. The van der Waals surface area contributed by atoms with Crippen molar-refractivity contribution in [2.24, 2.45) is 0 Å². The van der Waals surface area contributed by atoms with Crippen LogP contribution in [-0.4, -0.2) is 30.0 Å². The van der Waals surface area contributed by atoms with Crippen molar-refractivity contribution in [3.05, 3.63) is 35.0 Å². The average molecular weight is 288 g/mol. The van der Waals surface area contributed by atoms with E-state index in [0.29, 0.717) is 10.8 Å². The van der Waals surface area contributed by atoms with Gasteiger partial charge in [-0.05, 0) is 25.7 Å². The zero-order valence-electron chi connectivity index (χ0n) is 10.6. The molecule has 7 heteroatoms. The fraction of sp³-hybridized carbons (Fsp3) is 0.308. The van der Waals surface area contributed by atoms with E-state index in [9.17, 15) is 9.90 Å². The Morgan fingerprint density at radius 2 is 2.20 bits per heavy atom. The van der Waals surface area contributed by atoms with Crippen LogP contribution in [0.25, 0.3) is 10.8 Å². The van der Waals surface area contributed by atoms with Gasteiger partial charge in [0.1, 0.15) is 6.33 Å². The van der Waals surface area contributed by atoms with Crippen LogP contribution in [0.15, 0.2) is 17.9 Å². The number of aryl methyl sites for hydroxylation is 1. The highest BCUT2D eigenvalue weighted by Gasteiger charge is 2.24. The summed E-state index contributed by atoms with van der Waals surface area (Å²) in [6.07, 6.45) is 7.60. The van der Waals surface area contributed by atoms with Crippen molar-refractivity contribution in [2.45, 2.75) is 25.7 Å². The number of nitrogens with zero attached hydrogens (tertiary/aromatic N) is 4. The Hall–Kier alpha value is -2.15. The van der Waals surface area contributed by atoms with E-state index < -0.39 is 5.97 Å². The summed E-state index contributed by atoms with van der Waals surface area (Å²) >= 11 is 1.43. The number of carbonyl (C=O) groups is 1. The quantitative estimate of drug-likeness (QED) is 0.784. The summed E-state index contributed by atoms with van der Waals surface area (Å²) < 4.78 is 3.47. The highest BCUT2D eigenvalue weighted by Crippen LogP contribution is 2.26. The molecule has 0 aromatic carbocycles. The highest BCUT2D eigenvalue weighted by atomic mass is 32.1. The molecule has 0 atom stereocenters. The van der Waals surface area contributed by atoms with Crippen LogP contribution in [-0.2, 0) is 12.8 Å². The van der Waals surface area contributed by atoms with Crippen molar-refractivity contribution in [2.75, 3.05) is 0 Å². The summed E-state index contributed by atoms with van der Waals surface area (Å²) in [4.78, 5) is 21.1. The lowest BCUT2D eigenvalue weighted by Crippen LogP contribution is -2.11. The fourth-order valence-corrected chi connectivity index (χ4v) is 3.50. The van der Waals surface area contributed by atoms with E-state index in [1.807, 2.05) is 9.95 Å². The summed E-state index contributed by atoms with van der Waals surface area (Å²) in [7, 11) is 0. The molecule has 0 amide bonds. The molecule has 1 N–H and O–H groups in total. The summed E-state index contributed by atoms with van der Waals surface area (Å²) in [5, 5.41) is 11.3. The zero-order chi connectivity index (χ0) is 13.7. The van der Waals surface area contributed by atoms with Gasteiger partial charge in [0.05, 0.1) is 5.69 Å². The van der Waals surface area contributed by atoms with E-state index in [4.69, 9.17) is 0 Å². The molecule has 0 aliphatic heterocycles. The Morgan fingerprint density at radius 3 is 3.05 bits per heavy atom. The van der Waals surface area contributed by atoms with Gasteiger partial charge in [-0.3, -0.25) is 8.97 Å². The lowest BCUT2D eigenvalue weighted by atomic mass is 10.0. The molecule has 1 aliphatic rings. The minimum Gasteiger partial charge on any atom is -0.476 e. The number of imidazole rings is 2. The van der Waals surface area contributed by atoms with Gasteiger partial charge < -0.3 is 5.11 Å². The van der Waals surface area contributed by atoms with E-state index >= 15 is 0 Å². The lowest BCUT2D eigenvalue weighted by molar-refractivity contribution is 0.0689. The van der Waals surface area contributed by atoms with Crippen LogP contribution in [0.1, 0.15) is 34.7 Å². The molecule has 3 heterocycles. The summed E-state index contributed by atoms with van der Waals surface area (Å²) in [6, 6.07) is 0. The number of fused-ring (bicyclic) bond motifs is 2. The maximum absolute atomic E-state index is 11.6. The Morgan fingerprint density at radius 1 is 1.35 bits per heavy atom. The number of aromatic carboxylic acids is 1. The lowest BCUT2D eigenvalue weighted by Gasteiger charge is -2.12. The van der Waals surface area contributed by atoms with Crippen molar-refractivity contribution in [1.82, 2.24) is 18.9 Å². The van der Waals surface area contributed by atoms with Crippen LogP contribution >= 0.6 is 11.3 Å². The van der Waals surface area contributed by atoms with Gasteiger partial charge in [0, 0.05) is 17.3 Å². The Balaban J connectivity index is 1.98. The van der Waals surface area contributed by atoms with Gasteiger partial charge >= 0.3 is 5.97 Å². The standard InChI is InChI=1S/C13H12N4O2S/c18-12(19)10-11(15-13-16(10)5-6-20-13)17-7-14-8-3-1-2-4-9(8)17/h5-7H,1-4H2,(H,18,19). The second kappa shape index (κ2) is 4.17. The van der Waals surface area contributed by atoms with Gasteiger partial charge in [-0.1, -0.05) is 0 Å². The third-order valence-corrected chi connectivity index (χ3v) is 4.46. The molecule has 1 aliphatic carbocycles. The van der Waals surface area contributed by atoms with Gasteiger partial charge in [-0.25, -0.2) is 9.78 Å². The van der Waals surface area contributed by atoms with Crippen LogP contribution in [0.4, 0.5) is 0 Å². The SMILES string of the molecule is O=C(O)c1c(-n2cnc3c2CCCC3)nc2sccn12. The summed E-state index contributed by atoms with van der Waals surface area (Å²) in [5.74, 6) is -0.496. The number of rotatable bonds is 2. The third kappa shape index (κ3) is 1.53. The largest absolute Gasteiger partial charge is 0.476 e. The van der Waals surface area contributed by atoms with E-state index in [1.54, 1.807) is 16.9 Å². The van der Waals surface area contributed by atoms with Crippen LogP contribution < -0.4 is 0 Å². The zero-order valence-corrected chi connectivity index (χ0v) is 11.4. The molecule has 3 aromatic rings. The second-order valence-electron chi connectivity index (χ2n) is 4.86. The molecule has 0 unspecified atom stereocenters. The molecule has 0 spiro atoms. The van der Waals surface area contributed by atoms with Crippen molar-refractivity contribution in [1.29, 1.82) is 0 Å². The number of hydrogen-bond donors (Lipinski definition) is 1. The van der Waals surface area contributed by atoms with E-state index in [2.05, 4.69) is 9.97 Å². The molecule has 0 radical (unpaired) electrons. The van der Waals surface area contributed by atoms with E-state index in [1.165, 1.54) is 11.3 Å². The molecule has 0 fully saturated rings. The first kappa shape index (κ1) is 11.7. The predicted molar refractivity (Wildman–Crippen MR) is 73.8 cm³/mol. The Bertz CT molecular complexity index is 814. The van der Waals surface area contributed by atoms with Crippen molar-refractivity contribution < 1.29 is 9.90 Å². The van der Waals surface area contributed by atoms with Gasteiger partial charge in [-0.15, -0.1) is 11.3 Å². The Kier molecular flexibility index (Phi) is 2.43. The molecule has 102 valence electrons. The van der Waals surface area contributed by atoms with E-state index in [0.717, 1.165) is 37.1 Å². The summed E-state index contributed by atoms with van der Waals surface area (Å²) in [5.41, 5.74) is 2.38. The molecule has 20 heavy (non-hydrogen) atoms. The number of hydrogen-bond acceptors (Lipinski definition) is 4. The topological polar surface area (TPSA) is 72.4 Å². The van der Waals surface area contributed by atoms with Crippen LogP contribution in [0.3, 0.4) is 0 Å². The van der Waals surface area contributed by atoms with Gasteiger partial charge in [0.25, 0.3) is 0 Å². The summed E-state index contributed by atoms with van der Waals surface area (Å²) in [6.45, 7) is 0. The molecular formula is C13H12N4O2S. The molecule has 0 saturated heterocycles. The first-order chi connectivity index (χ1) is 9.75. The minimum atomic E-state index is -0.968. The average Bonchev–Trinajstić information content (AvgIpc) is 3.10. The highest BCUT2D eigenvalue weighted by molar-refractivity contribution is 7.15. The minimum absolute atomic E-state index is 0.201. The van der Waals surface area contributed by atoms with E-state index in [-0.39, 0.29) is 5.69 Å². The molecule has 0 bridgehead atoms. The maximum atomic E-state index is 11.6.